The molecule has 1 rings (SSSR count). The van der Waals surface area contributed by atoms with E-state index in [2.05, 4.69) is 15.9 Å². The summed E-state index contributed by atoms with van der Waals surface area (Å²) in [4.78, 5) is 11.9. The van der Waals surface area contributed by atoms with Gasteiger partial charge in [0.2, 0.25) is 5.78 Å². The third-order valence-electron chi connectivity index (χ3n) is 1.97. The Bertz CT molecular complexity index is 482. The zero-order valence-corrected chi connectivity index (χ0v) is 11.2. The monoisotopic (exact) mass is 299 g/mol. The van der Waals surface area contributed by atoms with Crippen LogP contribution in [-0.2, 0) is 0 Å². The number of carbonyl (C=O) groups excluding carboxylic acids is 1. The number of halogens is 1. The summed E-state index contributed by atoms with van der Waals surface area (Å²) in [5, 5.41) is 20.2. The van der Waals surface area contributed by atoms with Crippen molar-refractivity contribution in [2.24, 2.45) is 5.92 Å². The molecule has 3 nitrogen and oxygen atoms in total. The molecule has 5 heteroatoms. The van der Waals surface area contributed by atoms with Crippen LogP contribution in [0.5, 0.6) is 0 Å². The molecule has 0 radical (unpaired) electrons. The molecule has 0 aromatic carbocycles. The first-order valence-electron chi connectivity index (χ1n) is 4.59. The van der Waals surface area contributed by atoms with Gasteiger partial charge in [-0.3, -0.25) is 4.79 Å². The lowest BCUT2D eigenvalue weighted by molar-refractivity contribution is 0.103. The van der Waals surface area contributed by atoms with Gasteiger partial charge in [0.15, 0.2) is 0 Å². The highest BCUT2D eigenvalue weighted by Crippen LogP contribution is 2.24. The normalized spacial score (nSPS) is 12.2. The lowest BCUT2D eigenvalue weighted by Gasteiger charge is -2.05. The molecule has 0 spiro atoms. The highest BCUT2D eigenvalue weighted by atomic mass is 79.9. The van der Waals surface area contributed by atoms with Crippen molar-refractivity contribution in [2.75, 3.05) is 0 Å². The van der Waals surface area contributed by atoms with E-state index in [1.165, 1.54) is 11.3 Å². The molecule has 0 fully saturated rings. The molecule has 1 aromatic heterocycles. The van der Waals surface area contributed by atoms with Gasteiger partial charge in [-0.2, -0.15) is 5.26 Å². The van der Waals surface area contributed by atoms with Crippen LogP contribution in [0.3, 0.4) is 0 Å². The van der Waals surface area contributed by atoms with Crippen molar-refractivity contribution in [2.45, 2.75) is 13.8 Å². The molecule has 0 bridgehead atoms. The standard InChI is InChI=1S/C11H10BrNO2S/c1-6(2)10(14)8(4-13)11(15)7-3-9(12)16-5-7/h3,5-6,14H,1-2H3/b10-8-. The van der Waals surface area contributed by atoms with Crippen LogP contribution in [0.15, 0.2) is 26.6 Å². The van der Waals surface area contributed by atoms with Crippen LogP contribution in [0.1, 0.15) is 24.2 Å². The Hall–Kier alpha value is -1.12. The third-order valence-corrected chi connectivity index (χ3v) is 3.48. The van der Waals surface area contributed by atoms with Crippen LogP contribution in [0, 0.1) is 17.2 Å². The molecule has 0 aliphatic heterocycles. The number of hydrogen-bond donors (Lipinski definition) is 1. The summed E-state index contributed by atoms with van der Waals surface area (Å²) in [6, 6.07) is 3.40. The van der Waals surface area contributed by atoms with Gasteiger partial charge in [0.05, 0.1) is 3.79 Å². The fourth-order valence-electron chi connectivity index (χ4n) is 1.09. The van der Waals surface area contributed by atoms with Gasteiger partial charge in [0.25, 0.3) is 0 Å². The van der Waals surface area contributed by atoms with Gasteiger partial charge in [-0.15, -0.1) is 11.3 Å². The molecule has 1 heterocycles. The van der Waals surface area contributed by atoms with E-state index in [-0.39, 0.29) is 17.3 Å². The number of allylic oxidation sites excluding steroid dienone is 2. The van der Waals surface area contributed by atoms with Crippen LogP contribution >= 0.6 is 27.3 Å². The lowest BCUT2D eigenvalue weighted by Crippen LogP contribution is -2.07. The minimum Gasteiger partial charge on any atom is -0.511 e. The van der Waals surface area contributed by atoms with Crippen LogP contribution in [0.2, 0.25) is 0 Å². The number of aliphatic hydroxyl groups excluding tert-OH is 1. The minimum atomic E-state index is -0.435. The van der Waals surface area contributed by atoms with Crippen molar-refractivity contribution in [3.05, 3.63) is 32.1 Å². The first-order chi connectivity index (χ1) is 7.47. The Labute approximate surface area is 106 Å². The molecule has 0 aliphatic rings. The zero-order chi connectivity index (χ0) is 12.3. The highest BCUT2D eigenvalue weighted by molar-refractivity contribution is 9.11. The molecule has 0 aliphatic carbocycles. The average Bonchev–Trinajstić information content (AvgIpc) is 2.65. The Morgan fingerprint density at radius 2 is 2.25 bits per heavy atom. The van der Waals surface area contributed by atoms with E-state index in [1.807, 2.05) is 0 Å². The van der Waals surface area contributed by atoms with Crippen molar-refractivity contribution in [3.63, 3.8) is 0 Å². The van der Waals surface area contributed by atoms with Crippen LogP contribution in [0.4, 0.5) is 0 Å². The fourth-order valence-corrected chi connectivity index (χ4v) is 2.22. The van der Waals surface area contributed by atoms with Gasteiger partial charge in [-0.25, -0.2) is 0 Å². The number of Topliss-reactive ketones (excluding diaryl/α,β-unsaturated/α-hetero) is 1. The van der Waals surface area contributed by atoms with Gasteiger partial charge >= 0.3 is 0 Å². The number of rotatable bonds is 3. The number of aliphatic hydroxyl groups is 1. The summed E-state index contributed by atoms with van der Waals surface area (Å²) in [5.74, 6) is -0.828. The molecule has 0 saturated carbocycles. The molecule has 0 atom stereocenters. The van der Waals surface area contributed by atoms with Crippen molar-refractivity contribution < 1.29 is 9.90 Å². The maximum atomic E-state index is 11.9. The van der Waals surface area contributed by atoms with E-state index in [0.29, 0.717) is 5.56 Å². The largest absolute Gasteiger partial charge is 0.511 e. The zero-order valence-electron chi connectivity index (χ0n) is 8.82. The number of thiophene rings is 1. The predicted molar refractivity (Wildman–Crippen MR) is 66.5 cm³/mol. The summed E-state index contributed by atoms with van der Waals surface area (Å²) in [6.07, 6.45) is 0. The van der Waals surface area contributed by atoms with Gasteiger partial charge < -0.3 is 5.11 Å². The molecule has 84 valence electrons. The molecule has 0 saturated heterocycles. The maximum absolute atomic E-state index is 11.9. The Kier molecular flexibility index (Phi) is 4.27. The number of carbonyl (C=O) groups is 1. The third kappa shape index (κ3) is 2.71. The Morgan fingerprint density at radius 3 is 2.62 bits per heavy atom. The minimum absolute atomic E-state index is 0.158. The maximum Gasteiger partial charge on any atom is 0.207 e. The van der Waals surface area contributed by atoms with Gasteiger partial charge in [0.1, 0.15) is 17.4 Å². The second kappa shape index (κ2) is 5.28. The summed E-state index contributed by atoms with van der Waals surface area (Å²) in [6.45, 7) is 3.45. The fraction of sp³-hybridized carbons (Fsp3) is 0.273. The second-order valence-electron chi connectivity index (χ2n) is 3.50. The number of ketones is 1. The predicted octanol–water partition coefficient (Wildman–Crippen LogP) is 3.68. The first-order valence-corrected chi connectivity index (χ1v) is 6.26. The smallest absolute Gasteiger partial charge is 0.207 e. The van der Waals surface area contributed by atoms with Crippen molar-refractivity contribution >= 4 is 33.0 Å². The molecule has 1 aromatic rings. The lowest BCUT2D eigenvalue weighted by atomic mass is 10.0. The van der Waals surface area contributed by atoms with Crippen molar-refractivity contribution in [1.29, 1.82) is 5.26 Å². The molecule has 0 unspecified atom stereocenters. The SMILES string of the molecule is CC(C)/C(O)=C(\C#N)C(=O)c1csc(Br)c1. The highest BCUT2D eigenvalue weighted by Gasteiger charge is 2.19. The average molecular weight is 300 g/mol. The number of hydrogen-bond acceptors (Lipinski definition) is 4. The Morgan fingerprint density at radius 1 is 1.62 bits per heavy atom. The quantitative estimate of drug-likeness (QED) is 0.401. The molecular weight excluding hydrogens is 290 g/mol. The van der Waals surface area contributed by atoms with E-state index in [9.17, 15) is 9.90 Å². The van der Waals surface area contributed by atoms with Gasteiger partial charge in [0, 0.05) is 16.9 Å². The number of nitriles is 1. The van der Waals surface area contributed by atoms with E-state index >= 15 is 0 Å². The van der Waals surface area contributed by atoms with E-state index in [4.69, 9.17) is 5.26 Å². The van der Waals surface area contributed by atoms with E-state index < -0.39 is 5.78 Å². The van der Waals surface area contributed by atoms with Gasteiger partial charge in [-0.05, 0) is 22.0 Å². The molecule has 0 amide bonds. The summed E-state index contributed by atoms with van der Waals surface area (Å²) < 4.78 is 0.817. The second-order valence-corrected chi connectivity index (χ2v) is 5.79. The summed E-state index contributed by atoms with van der Waals surface area (Å²) >= 11 is 4.61. The molecular formula is C11H10BrNO2S. The van der Waals surface area contributed by atoms with Gasteiger partial charge in [-0.1, -0.05) is 13.8 Å². The molecule has 1 N–H and O–H groups in total. The van der Waals surface area contributed by atoms with E-state index in [1.54, 1.807) is 31.4 Å². The van der Waals surface area contributed by atoms with Crippen LogP contribution in [0.25, 0.3) is 0 Å². The summed E-state index contributed by atoms with van der Waals surface area (Å²) in [7, 11) is 0. The number of nitrogens with zero attached hydrogens (tertiary/aromatic N) is 1. The Balaban J connectivity index is 3.14. The van der Waals surface area contributed by atoms with Crippen LogP contribution in [-0.4, -0.2) is 10.9 Å². The van der Waals surface area contributed by atoms with Crippen LogP contribution < -0.4 is 0 Å². The molecule has 16 heavy (non-hydrogen) atoms. The van der Waals surface area contributed by atoms with Crippen molar-refractivity contribution in [1.82, 2.24) is 0 Å². The van der Waals surface area contributed by atoms with Crippen molar-refractivity contribution in [3.8, 4) is 6.07 Å². The summed E-state index contributed by atoms with van der Waals surface area (Å²) in [5.41, 5.74) is 0.237. The topological polar surface area (TPSA) is 61.1 Å². The van der Waals surface area contributed by atoms with E-state index in [0.717, 1.165) is 3.79 Å². The first kappa shape index (κ1) is 12.9.